The van der Waals surface area contributed by atoms with Gasteiger partial charge in [-0.05, 0) is 55.3 Å². The van der Waals surface area contributed by atoms with Crippen molar-refractivity contribution in [2.75, 3.05) is 5.32 Å². The first-order valence-corrected chi connectivity index (χ1v) is 8.57. The minimum atomic E-state index is -1.21. The number of pyridine rings is 1. The van der Waals surface area contributed by atoms with Gasteiger partial charge in [-0.1, -0.05) is 18.2 Å². The predicted octanol–water partition coefficient (Wildman–Crippen LogP) is 4.74. The van der Waals surface area contributed by atoms with Crippen LogP contribution < -0.4 is 10.6 Å². The van der Waals surface area contributed by atoms with Gasteiger partial charge in [0.15, 0.2) is 0 Å². The van der Waals surface area contributed by atoms with Gasteiger partial charge in [-0.25, -0.2) is 22.9 Å². The molecule has 0 bridgehead atoms. The quantitative estimate of drug-likeness (QED) is 0.668. The maximum Gasteiger partial charge on any atom is 0.327 e. The lowest BCUT2D eigenvalue weighted by Gasteiger charge is -2.13. The van der Waals surface area contributed by atoms with Gasteiger partial charge in [-0.3, -0.25) is 15.4 Å². The molecule has 0 radical (unpaired) electrons. The van der Waals surface area contributed by atoms with Crippen molar-refractivity contribution in [3.8, 4) is 11.1 Å². The fourth-order valence-corrected chi connectivity index (χ4v) is 2.98. The lowest BCUT2D eigenvalue weighted by atomic mass is 9.99. The Morgan fingerprint density at radius 1 is 0.931 bits per heavy atom. The van der Waals surface area contributed by atoms with Gasteiger partial charge in [0, 0.05) is 11.3 Å². The SMILES string of the molecule is Cc1cc(NC(=O)NC(=O)c2c(F)cccc2F)nc(C)c1-c1ccc(F)cc1. The number of urea groups is 1. The number of aryl methyl sites for hydroxylation is 2. The summed E-state index contributed by atoms with van der Waals surface area (Å²) in [6.07, 6.45) is 0. The summed E-state index contributed by atoms with van der Waals surface area (Å²) in [5.74, 6) is -3.59. The van der Waals surface area contributed by atoms with Crippen LogP contribution in [0.1, 0.15) is 21.6 Å². The molecule has 8 heteroatoms. The standard InChI is InChI=1S/C21H16F3N3O2/c1-11-10-17(25-12(2)18(11)13-6-8-14(22)9-7-13)26-21(29)27-20(28)19-15(23)4-3-5-16(19)24/h3-10H,1-2H3,(H2,25,26,27,28,29). The number of amides is 3. The summed E-state index contributed by atoms with van der Waals surface area (Å²) in [5, 5.41) is 4.23. The van der Waals surface area contributed by atoms with E-state index in [9.17, 15) is 22.8 Å². The highest BCUT2D eigenvalue weighted by molar-refractivity contribution is 6.08. The molecule has 2 N–H and O–H groups in total. The van der Waals surface area contributed by atoms with E-state index >= 15 is 0 Å². The number of hydrogen-bond donors (Lipinski definition) is 2. The van der Waals surface area contributed by atoms with Crippen LogP contribution in [0.2, 0.25) is 0 Å². The summed E-state index contributed by atoms with van der Waals surface area (Å²) in [4.78, 5) is 28.3. The first-order valence-electron chi connectivity index (χ1n) is 8.57. The molecule has 5 nitrogen and oxygen atoms in total. The zero-order valence-corrected chi connectivity index (χ0v) is 15.5. The average Bonchev–Trinajstić information content (AvgIpc) is 2.62. The topological polar surface area (TPSA) is 71.1 Å². The monoisotopic (exact) mass is 399 g/mol. The van der Waals surface area contributed by atoms with Crippen molar-refractivity contribution >= 4 is 17.8 Å². The minimum Gasteiger partial charge on any atom is -0.292 e. The van der Waals surface area contributed by atoms with Crippen LogP contribution in [0.15, 0.2) is 48.5 Å². The molecule has 3 rings (SSSR count). The van der Waals surface area contributed by atoms with E-state index in [4.69, 9.17) is 0 Å². The van der Waals surface area contributed by atoms with Gasteiger partial charge in [0.2, 0.25) is 0 Å². The van der Waals surface area contributed by atoms with E-state index < -0.39 is 29.1 Å². The number of rotatable bonds is 3. The minimum absolute atomic E-state index is 0.144. The molecule has 0 spiro atoms. The van der Waals surface area contributed by atoms with Crippen molar-refractivity contribution in [1.29, 1.82) is 0 Å². The number of carbonyl (C=O) groups excluding carboxylic acids is 2. The summed E-state index contributed by atoms with van der Waals surface area (Å²) in [7, 11) is 0. The lowest BCUT2D eigenvalue weighted by molar-refractivity contribution is 0.0959. The van der Waals surface area contributed by atoms with Crippen LogP contribution in [0, 0.1) is 31.3 Å². The summed E-state index contributed by atoms with van der Waals surface area (Å²) in [6, 6.07) is 9.43. The van der Waals surface area contributed by atoms with Crippen LogP contribution in [0.4, 0.5) is 23.8 Å². The number of halogens is 3. The Hall–Kier alpha value is -3.68. The molecule has 0 fully saturated rings. The van der Waals surface area contributed by atoms with Crippen molar-refractivity contribution in [1.82, 2.24) is 10.3 Å². The molecule has 3 aromatic rings. The van der Waals surface area contributed by atoms with E-state index in [1.807, 2.05) is 5.32 Å². The fourth-order valence-electron chi connectivity index (χ4n) is 2.98. The van der Waals surface area contributed by atoms with E-state index in [0.717, 1.165) is 34.9 Å². The first kappa shape index (κ1) is 20.1. The highest BCUT2D eigenvalue weighted by Gasteiger charge is 2.19. The molecule has 3 amide bonds. The Kier molecular flexibility index (Phi) is 5.63. The molecule has 0 aliphatic carbocycles. The summed E-state index contributed by atoms with van der Waals surface area (Å²) in [6.45, 7) is 3.50. The van der Waals surface area contributed by atoms with Gasteiger partial charge in [0.1, 0.15) is 28.8 Å². The molecule has 1 heterocycles. The molecule has 29 heavy (non-hydrogen) atoms. The van der Waals surface area contributed by atoms with Crippen LogP contribution >= 0.6 is 0 Å². The van der Waals surface area contributed by atoms with E-state index in [1.165, 1.54) is 12.1 Å². The molecular weight excluding hydrogens is 383 g/mol. The summed E-state index contributed by atoms with van der Waals surface area (Å²) < 4.78 is 40.4. The van der Waals surface area contributed by atoms with Gasteiger partial charge in [-0.15, -0.1) is 0 Å². The van der Waals surface area contributed by atoms with Crippen LogP contribution in [0.5, 0.6) is 0 Å². The number of benzene rings is 2. The molecule has 1 aromatic heterocycles. The second-order valence-electron chi connectivity index (χ2n) is 6.30. The maximum absolute atomic E-state index is 13.6. The number of anilines is 1. The van der Waals surface area contributed by atoms with E-state index in [-0.39, 0.29) is 11.6 Å². The Balaban J connectivity index is 1.77. The Morgan fingerprint density at radius 3 is 2.14 bits per heavy atom. The van der Waals surface area contributed by atoms with Gasteiger partial charge < -0.3 is 0 Å². The van der Waals surface area contributed by atoms with Crippen molar-refractivity contribution in [2.24, 2.45) is 0 Å². The van der Waals surface area contributed by atoms with Crippen molar-refractivity contribution in [3.63, 3.8) is 0 Å². The third-order valence-electron chi connectivity index (χ3n) is 4.19. The normalized spacial score (nSPS) is 10.5. The van der Waals surface area contributed by atoms with Crippen molar-refractivity contribution in [3.05, 3.63) is 82.8 Å². The molecule has 0 atom stereocenters. The van der Waals surface area contributed by atoms with Gasteiger partial charge in [0.25, 0.3) is 5.91 Å². The largest absolute Gasteiger partial charge is 0.327 e. The molecule has 0 saturated heterocycles. The molecule has 0 unspecified atom stereocenters. The first-order chi connectivity index (χ1) is 13.8. The second kappa shape index (κ2) is 8.14. The lowest BCUT2D eigenvalue weighted by Crippen LogP contribution is -2.35. The highest BCUT2D eigenvalue weighted by atomic mass is 19.1. The second-order valence-corrected chi connectivity index (χ2v) is 6.30. The smallest absolute Gasteiger partial charge is 0.292 e. The van der Waals surface area contributed by atoms with Crippen LogP contribution in [-0.4, -0.2) is 16.9 Å². The van der Waals surface area contributed by atoms with Gasteiger partial charge in [-0.2, -0.15) is 0 Å². The van der Waals surface area contributed by atoms with Crippen LogP contribution in [0.25, 0.3) is 11.1 Å². The Labute approximate surface area is 164 Å². The number of hydrogen-bond acceptors (Lipinski definition) is 3. The number of nitrogens with zero attached hydrogens (tertiary/aromatic N) is 1. The number of imide groups is 1. The van der Waals surface area contributed by atoms with Crippen LogP contribution in [0.3, 0.4) is 0 Å². The molecule has 2 aromatic carbocycles. The van der Waals surface area contributed by atoms with E-state index in [2.05, 4.69) is 10.3 Å². The predicted molar refractivity (Wildman–Crippen MR) is 102 cm³/mol. The third-order valence-corrected chi connectivity index (χ3v) is 4.19. The number of carbonyl (C=O) groups is 2. The van der Waals surface area contributed by atoms with Crippen molar-refractivity contribution < 1.29 is 22.8 Å². The molecule has 0 aliphatic rings. The fraction of sp³-hybridized carbons (Fsp3) is 0.0952. The number of aromatic nitrogens is 1. The van der Waals surface area contributed by atoms with Gasteiger partial charge >= 0.3 is 6.03 Å². The third kappa shape index (κ3) is 4.43. The Morgan fingerprint density at radius 2 is 1.55 bits per heavy atom. The zero-order valence-electron chi connectivity index (χ0n) is 15.5. The number of nitrogens with one attached hydrogen (secondary N) is 2. The Bertz CT molecular complexity index is 1060. The molecular formula is C21H16F3N3O2. The zero-order chi connectivity index (χ0) is 21.1. The van der Waals surface area contributed by atoms with Crippen molar-refractivity contribution in [2.45, 2.75) is 13.8 Å². The highest BCUT2D eigenvalue weighted by Crippen LogP contribution is 2.28. The van der Waals surface area contributed by atoms with Crippen LogP contribution in [-0.2, 0) is 0 Å². The van der Waals surface area contributed by atoms with Gasteiger partial charge in [0.05, 0.1) is 0 Å². The molecule has 148 valence electrons. The maximum atomic E-state index is 13.6. The van der Waals surface area contributed by atoms with E-state index in [0.29, 0.717) is 5.69 Å². The van der Waals surface area contributed by atoms with E-state index in [1.54, 1.807) is 32.0 Å². The summed E-state index contributed by atoms with van der Waals surface area (Å²) in [5.41, 5.74) is 2.01. The average molecular weight is 399 g/mol. The molecule has 0 aliphatic heterocycles. The molecule has 0 saturated carbocycles. The summed E-state index contributed by atoms with van der Waals surface area (Å²) >= 11 is 0.